The minimum atomic E-state index is -0.734. The number of carbonyl (C=O) groups is 2. The number of likely N-dealkylation sites (tertiary alicyclic amines) is 1. The fraction of sp³-hybridized carbons (Fsp3) is 0.875. The van der Waals surface area contributed by atoms with Gasteiger partial charge in [-0.25, -0.2) is 0 Å². The molecule has 5 nitrogen and oxygen atoms in total. The molecule has 0 radical (unpaired) electrons. The summed E-state index contributed by atoms with van der Waals surface area (Å²) in [6, 6.07) is -0.345. The van der Waals surface area contributed by atoms with E-state index in [1.54, 1.807) is 4.90 Å². The number of aliphatic hydroxyl groups is 1. The summed E-state index contributed by atoms with van der Waals surface area (Å²) >= 11 is 0. The Morgan fingerprint density at radius 3 is 2.62 bits per heavy atom. The normalized spacial score (nSPS) is 24.9. The highest BCUT2D eigenvalue weighted by Crippen LogP contribution is 2.28. The topological polar surface area (TPSA) is 69.6 Å². The van der Waals surface area contributed by atoms with E-state index in [1.807, 2.05) is 6.92 Å². The monoisotopic (exact) mass is 296 g/mol. The summed E-state index contributed by atoms with van der Waals surface area (Å²) in [6.45, 7) is 2.98. The highest BCUT2D eigenvalue weighted by atomic mass is 16.3. The molecule has 1 atom stereocenters. The molecule has 2 fully saturated rings. The third-order valence-corrected chi connectivity index (χ3v) is 4.72. The van der Waals surface area contributed by atoms with E-state index in [4.69, 9.17) is 0 Å². The van der Waals surface area contributed by atoms with E-state index in [1.165, 1.54) is 0 Å². The van der Waals surface area contributed by atoms with E-state index in [0.29, 0.717) is 19.5 Å². The average molecular weight is 296 g/mol. The van der Waals surface area contributed by atoms with Crippen molar-refractivity contribution in [3.05, 3.63) is 0 Å². The van der Waals surface area contributed by atoms with Crippen molar-refractivity contribution in [1.29, 1.82) is 0 Å². The quantitative estimate of drug-likeness (QED) is 0.809. The number of nitrogens with one attached hydrogen (secondary N) is 1. The van der Waals surface area contributed by atoms with Gasteiger partial charge >= 0.3 is 0 Å². The minimum Gasteiger partial charge on any atom is -0.388 e. The number of hydrogen-bond acceptors (Lipinski definition) is 3. The molecule has 0 aromatic carbocycles. The Morgan fingerprint density at radius 2 is 1.95 bits per heavy atom. The van der Waals surface area contributed by atoms with Gasteiger partial charge in [0.25, 0.3) is 0 Å². The lowest BCUT2D eigenvalue weighted by Crippen LogP contribution is -2.54. The maximum atomic E-state index is 12.4. The minimum absolute atomic E-state index is 0.0805. The average Bonchev–Trinajstić information content (AvgIpc) is 2.92. The van der Waals surface area contributed by atoms with Crippen molar-refractivity contribution in [3.63, 3.8) is 0 Å². The van der Waals surface area contributed by atoms with Crippen molar-refractivity contribution < 1.29 is 14.7 Å². The highest BCUT2D eigenvalue weighted by Gasteiger charge is 2.35. The van der Waals surface area contributed by atoms with Crippen LogP contribution in [-0.4, -0.2) is 46.6 Å². The van der Waals surface area contributed by atoms with Gasteiger partial charge in [0.05, 0.1) is 5.60 Å². The molecule has 0 aromatic heterocycles. The number of piperidine rings is 1. The first-order valence-electron chi connectivity index (χ1n) is 8.35. The van der Waals surface area contributed by atoms with Crippen LogP contribution in [0.15, 0.2) is 0 Å². The number of nitrogens with zero attached hydrogens (tertiary/aromatic N) is 1. The third kappa shape index (κ3) is 4.19. The lowest BCUT2D eigenvalue weighted by Gasteiger charge is -2.35. The zero-order valence-corrected chi connectivity index (χ0v) is 13.1. The van der Waals surface area contributed by atoms with Crippen molar-refractivity contribution in [2.75, 3.05) is 13.1 Å². The van der Waals surface area contributed by atoms with E-state index in [2.05, 4.69) is 5.32 Å². The van der Waals surface area contributed by atoms with Crippen LogP contribution in [-0.2, 0) is 9.59 Å². The van der Waals surface area contributed by atoms with Gasteiger partial charge in [-0.05, 0) is 38.5 Å². The van der Waals surface area contributed by atoms with Gasteiger partial charge in [0.1, 0.15) is 6.04 Å². The molecule has 1 heterocycles. The van der Waals surface area contributed by atoms with Crippen LogP contribution in [0.2, 0.25) is 0 Å². The van der Waals surface area contributed by atoms with Crippen molar-refractivity contribution in [1.82, 2.24) is 10.2 Å². The van der Waals surface area contributed by atoms with Crippen LogP contribution in [0.25, 0.3) is 0 Å². The lowest BCUT2D eigenvalue weighted by atomic mass is 9.99. The summed E-state index contributed by atoms with van der Waals surface area (Å²) in [5.74, 6) is -0.0172. The second-order valence-corrected chi connectivity index (χ2v) is 6.50. The van der Waals surface area contributed by atoms with Gasteiger partial charge < -0.3 is 15.3 Å². The molecule has 1 saturated heterocycles. The van der Waals surface area contributed by atoms with Crippen LogP contribution in [0.3, 0.4) is 0 Å². The zero-order valence-electron chi connectivity index (χ0n) is 13.1. The van der Waals surface area contributed by atoms with Crippen LogP contribution in [0.1, 0.15) is 64.7 Å². The van der Waals surface area contributed by atoms with Gasteiger partial charge in [0.15, 0.2) is 0 Å². The van der Waals surface area contributed by atoms with Gasteiger partial charge in [-0.2, -0.15) is 0 Å². The van der Waals surface area contributed by atoms with Crippen molar-refractivity contribution in [3.8, 4) is 0 Å². The molecule has 1 aliphatic carbocycles. The summed E-state index contributed by atoms with van der Waals surface area (Å²) in [5.41, 5.74) is -0.734. The van der Waals surface area contributed by atoms with E-state index in [-0.39, 0.29) is 17.9 Å². The second-order valence-electron chi connectivity index (χ2n) is 6.50. The fourth-order valence-corrected chi connectivity index (χ4v) is 3.44. The molecule has 2 N–H and O–H groups in total. The molecule has 0 aromatic rings. The van der Waals surface area contributed by atoms with E-state index in [0.717, 1.165) is 51.4 Å². The van der Waals surface area contributed by atoms with Crippen LogP contribution in [0.4, 0.5) is 0 Å². The molecule has 1 saturated carbocycles. The number of amides is 2. The molecular formula is C16H28N2O3. The van der Waals surface area contributed by atoms with Gasteiger partial charge in [-0.15, -0.1) is 0 Å². The maximum Gasteiger partial charge on any atom is 0.242 e. The first-order chi connectivity index (χ1) is 10.1. The Bertz CT molecular complexity index is 378. The molecule has 2 amide bonds. The van der Waals surface area contributed by atoms with Crippen molar-refractivity contribution in [2.24, 2.45) is 0 Å². The zero-order chi connectivity index (χ0) is 15.3. The Morgan fingerprint density at radius 1 is 1.24 bits per heavy atom. The summed E-state index contributed by atoms with van der Waals surface area (Å²) < 4.78 is 0. The molecule has 1 unspecified atom stereocenters. The standard InChI is InChI=1S/C16H28N2O3/c1-2-7-14(19)18-11-6-3-8-13(18)15(20)17-12-16(21)9-4-5-10-16/h13,21H,2-12H2,1H3,(H,17,20). The largest absolute Gasteiger partial charge is 0.388 e. The Kier molecular flexibility index (Phi) is 5.62. The molecule has 21 heavy (non-hydrogen) atoms. The predicted molar refractivity (Wildman–Crippen MR) is 80.7 cm³/mol. The van der Waals surface area contributed by atoms with E-state index < -0.39 is 5.60 Å². The van der Waals surface area contributed by atoms with Gasteiger partial charge in [0, 0.05) is 19.5 Å². The summed E-state index contributed by atoms with van der Waals surface area (Å²) in [4.78, 5) is 26.3. The molecule has 2 rings (SSSR count). The first-order valence-corrected chi connectivity index (χ1v) is 8.35. The van der Waals surface area contributed by atoms with Gasteiger partial charge in [-0.1, -0.05) is 19.8 Å². The highest BCUT2D eigenvalue weighted by molar-refractivity contribution is 5.87. The van der Waals surface area contributed by atoms with Gasteiger partial charge in [0.2, 0.25) is 11.8 Å². The Hall–Kier alpha value is -1.10. The molecule has 0 spiro atoms. The smallest absolute Gasteiger partial charge is 0.242 e. The van der Waals surface area contributed by atoms with E-state index >= 15 is 0 Å². The van der Waals surface area contributed by atoms with Gasteiger partial charge in [-0.3, -0.25) is 9.59 Å². The molecule has 120 valence electrons. The number of rotatable bonds is 5. The first kappa shape index (κ1) is 16.3. The SMILES string of the molecule is CCCC(=O)N1CCCCC1C(=O)NCC1(O)CCCC1. The summed E-state index contributed by atoms with van der Waals surface area (Å²) in [5, 5.41) is 13.2. The Balaban J connectivity index is 1.90. The lowest BCUT2D eigenvalue weighted by molar-refractivity contribution is -0.142. The Labute approximate surface area is 127 Å². The van der Waals surface area contributed by atoms with Crippen LogP contribution >= 0.6 is 0 Å². The van der Waals surface area contributed by atoms with Crippen molar-refractivity contribution in [2.45, 2.75) is 76.4 Å². The van der Waals surface area contributed by atoms with Crippen LogP contribution < -0.4 is 5.32 Å². The third-order valence-electron chi connectivity index (χ3n) is 4.72. The second kappa shape index (κ2) is 7.25. The predicted octanol–water partition coefficient (Wildman–Crippen LogP) is 1.59. The molecule has 2 aliphatic rings. The number of hydrogen-bond donors (Lipinski definition) is 2. The maximum absolute atomic E-state index is 12.4. The van der Waals surface area contributed by atoms with Crippen LogP contribution in [0.5, 0.6) is 0 Å². The fourth-order valence-electron chi connectivity index (χ4n) is 3.44. The van der Waals surface area contributed by atoms with Crippen molar-refractivity contribution >= 4 is 11.8 Å². The van der Waals surface area contributed by atoms with Crippen LogP contribution in [0, 0.1) is 0 Å². The molecule has 1 aliphatic heterocycles. The van der Waals surface area contributed by atoms with E-state index in [9.17, 15) is 14.7 Å². The molecular weight excluding hydrogens is 268 g/mol. The summed E-state index contributed by atoms with van der Waals surface area (Å²) in [7, 11) is 0. The number of carbonyl (C=O) groups excluding carboxylic acids is 2. The summed E-state index contributed by atoms with van der Waals surface area (Å²) in [6.07, 6.45) is 7.58. The molecule has 5 heteroatoms. The molecule has 0 bridgehead atoms.